The highest BCUT2D eigenvalue weighted by Gasteiger charge is 2.04. The van der Waals surface area contributed by atoms with E-state index >= 15 is 0 Å². The zero-order valence-corrected chi connectivity index (χ0v) is 11.8. The first-order valence-electron chi connectivity index (χ1n) is 5.02. The van der Waals surface area contributed by atoms with Gasteiger partial charge in [-0.3, -0.25) is 0 Å². The van der Waals surface area contributed by atoms with Gasteiger partial charge in [-0.05, 0) is 52.4 Å². The van der Waals surface area contributed by atoms with Crippen LogP contribution in [0.25, 0.3) is 0 Å². The minimum Gasteiger partial charge on any atom is -0.456 e. The molecule has 4 heteroatoms. The van der Waals surface area contributed by atoms with Gasteiger partial charge in [0.25, 0.3) is 0 Å². The molecule has 0 heterocycles. The molecule has 2 aromatic carbocycles. The third-order valence-electron chi connectivity index (χ3n) is 2.26. The fraction of sp³-hybridized carbons (Fsp3) is 0.0769. The van der Waals surface area contributed by atoms with Crippen LogP contribution in [0.4, 0.5) is 0 Å². The van der Waals surface area contributed by atoms with Gasteiger partial charge >= 0.3 is 0 Å². The highest BCUT2D eigenvalue weighted by atomic mass is 127. The molecule has 0 saturated carbocycles. The van der Waals surface area contributed by atoms with Crippen LogP contribution in [0.2, 0.25) is 5.02 Å². The Balaban J connectivity index is 2.25. The lowest BCUT2D eigenvalue weighted by molar-refractivity contribution is 0.282. The van der Waals surface area contributed by atoms with E-state index in [0.717, 1.165) is 9.32 Å². The molecule has 0 aromatic heterocycles. The van der Waals surface area contributed by atoms with Gasteiger partial charge in [-0.15, -0.1) is 0 Å². The summed E-state index contributed by atoms with van der Waals surface area (Å²) in [6.07, 6.45) is 0. The summed E-state index contributed by atoms with van der Waals surface area (Å²) in [7, 11) is 0. The van der Waals surface area contributed by atoms with Crippen LogP contribution >= 0.6 is 34.2 Å². The van der Waals surface area contributed by atoms with Crippen molar-refractivity contribution >= 4 is 34.2 Å². The molecule has 0 amide bonds. The van der Waals surface area contributed by atoms with Crippen molar-refractivity contribution in [2.75, 3.05) is 0 Å². The van der Waals surface area contributed by atoms with Crippen LogP contribution < -0.4 is 4.74 Å². The van der Waals surface area contributed by atoms with E-state index in [9.17, 15) is 0 Å². The average molecular weight is 361 g/mol. The number of rotatable bonds is 3. The summed E-state index contributed by atoms with van der Waals surface area (Å²) >= 11 is 8.21. The van der Waals surface area contributed by atoms with Gasteiger partial charge in [-0.2, -0.15) is 0 Å². The van der Waals surface area contributed by atoms with Crippen molar-refractivity contribution in [3.63, 3.8) is 0 Å². The third-order valence-corrected chi connectivity index (χ3v) is 3.50. The maximum absolute atomic E-state index is 9.02. The molecule has 0 radical (unpaired) electrons. The van der Waals surface area contributed by atoms with Crippen LogP contribution in [0, 0.1) is 3.57 Å². The lowest BCUT2D eigenvalue weighted by atomic mass is 10.2. The smallest absolute Gasteiger partial charge is 0.140 e. The Morgan fingerprint density at radius 3 is 2.59 bits per heavy atom. The molecule has 2 aromatic rings. The summed E-state index contributed by atoms with van der Waals surface area (Å²) in [6, 6.07) is 13.0. The monoisotopic (exact) mass is 360 g/mol. The van der Waals surface area contributed by atoms with Crippen molar-refractivity contribution in [3.05, 3.63) is 56.6 Å². The summed E-state index contributed by atoms with van der Waals surface area (Å²) in [5.74, 6) is 1.46. The Bertz CT molecular complexity index is 529. The van der Waals surface area contributed by atoms with Gasteiger partial charge in [0.1, 0.15) is 11.5 Å². The van der Waals surface area contributed by atoms with Gasteiger partial charge in [-0.25, -0.2) is 0 Å². The SMILES string of the molecule is OCc1ccc(Oc2ccccc2I)cc1Cl. The van der Waals surface area contributed by atoms with Crippen LogP contribution in [0.5, 0.6) is 11.5 Å². The topological polar surface area (TPSA) is 29.5 Å². The molecular weight excluding hydrogens is 350 g/mol. The highest BCUT2D eigenvalue weighted by Crippen LogP contribution is 2.29. The predicted molar refractivity (Wildman–Crippen MR) is 76.6 cm³/mol. The van der Waals surface area contributed by atoms with Gasteiger partial charge < -0.3 is 9.84 Å². The minimum atomic E-state index is -0.0675. The van der Waals surface area contributed by atoms with E-state index in [0.29, 0.717) is 16.3 Å². The van der Waals surface area contributed by atoms with E-state index in [-0.39, 0.29) is 6.61 Å². The Labute approximate surface area is 118 Å². The number of benzene rings is 2. The summed E-state index contributed by atoms with van der Waals surface area (Å²) in [6.45, 7) is -0.0675. The Hall–Kier alpha value is -0.780. The number of halogens is 2. The second kappa shape index (κ2) is 5.71. The standard InChI is InChI=1S/C13H10ClIO2/c14-11-7-10(6-5-9(11)8-16)17-13-4-2-1-3-12(13)15/h1-7,16H,8H2. The number of hydrogen-bond donors (Lipinski definition) is 1. The Morgan fingerprint density at radius 2 is 1.94 bits per heavy atom. The maximum Gasteiger partial charge on any atom is 0.140 e. The van der Waals surface area contributed by atoms with Crippen molar-refractivity contribution < 1.29 is 9.84 Å². The fourth-order valence-corrected chi connectivity index (χ4v) is 2.10. The molecule has 0 fully saturated rings. The number of ether oxygens (including phenoxy) is 1. The number of hydrogen-bond acceptors (Lipinski definition) is 2. The van der Waals surface area contributed by atoms with E-state index < -0.39 is 0 Å². The normalized spacial score (nSPS) is 10.3. The number of aliphatic hydroxyl groups excluding tert-OH is 1. The average Bonchev–Trinajstić information content (AvgIpc) is 2.32. The van der Waals surface area contributed by atoms with Crippen molar-refractivity contribution in [3.8, 4) is 11.5 Å². The van der Waals surface area contributed by atoms with Crippen molar-refractivity contribution in [2.45, 2.75) is 6.61 Å². The van der Waals surface area contributed by atoms with Gasteiger partial charge in [0.2, 0.25) is 0 Å². The largest absolute Gasteiger partial charge is 0.456 e. The molecule has 0 atom stereocenters. The quantitative estimate of drug-likeness (QED) is 0.830. The van der Waals surface area contributed by atoms with Crippen LogP contribution in [0.3, 0.4) is 0 Å². The van der Waals surface area contributed by atoms with Gasteiger partial charge in [0.15, 0.2) is 0 Å². The van der Waals surface area contributed by atoms with E-state index in [1.807, 2.05) is 24.3 Å². The third kappa shape index (κ3) is 3.12. The fourth-order valence-electron chi connectivity index (χ4n) is 1.37. The summed E-state index contributed by atoms with van der Waals surface area (Å²) in [5.41, 5.74) is 0.696. The molecule has 0 spiro atoms. The number of aliphatic hydroxyl groups is 1. The molecule has 0 saturated heterocycles. The summed E-state index contributed by atoms with van der Waals surface area (Å²) in [5, 5.41) is 9.53. The zero-order chi connectivity index (χ0) is 12.3. The Morgan fingerprint density at radius 1 is 1.18 bits per heavy atom. The van der Waals surface area contributed by atoms with Crippen molar-refractivity contribution in [1.82, 2.24) is 0 Å². The predicted octanol–water partition coefficient (Wildman–Crippen LogP) is 4.23. The lowest BCUT2D eigenvalue weighted by Gasteiger charge is -2.09. The van der Waals surface area contributed by atoms with Crippen LogP contribution in [0.15, 0.2) is 42.5 Å². The van der Waals surface area contributed by atoms with E-state index in [1.54, 1.807) is 18.2 Å². The zero-order valence-electron chi connectivity index (χ0n) is 8.86. The van der Waals surface area contributed by atoms with Crippen molar-refractivity contribution in [2.24, 2.45) is 0 Å². The molecule has 0 aliphatic rings. The van der Waals surface area contributed by atoms with Crippen LogP contribution in [-0.2, 0) is 6.61 Å². The van der Waals surface area contributed by atoms with E-state index in [2.05, 4.69) is 22.6 Å². The van der Waals surface area contributed by atoms with Gasteiger partial charge in [0.05, 0.1) is 10.2 Å². The molecule has 0 aliphatic heterocycles. The first-order chi connectivity index (χ1) is 8.20. The molecule has 88 valence electrons. The first-order valence-corrected chi connectivity index (χ1v) is 6.48. The molecule has 17 heavy (non-hydrogen) atoms. The number of para-hydroxylation sites is 1. The van der Waals surface area contributed by atoms with Crippen LogP contribution in [0.1, 0.15) is 5.56 Å². The molecule has 2 nitrogen and oxygen atoms in total. The molecule has 1 N–H and O–H groups in total. The molecule has 2 rings (SSSR count). The Kier molecular flexibility index (Phi) is 4.25. The highest BCUT2D eigenvalue weighted by molar-refractivity contribution is 14.1. The molecular formula is C13H10ClIO2. The van der Waals surface area contributed by atoms with Crippen molar-refractivity contribution in [1.29, 1.82) is 0 Å². The second-order valence-corrected chi connectivity index (χ2v) is 5.01. The summed E-state index contributed by atoms with van der Waals surface area (Å²) in [4.78, 5) is 0. The van der Waals surface area contributed by atoms with Gasteiger partial charge in [0, 0.05) is 5.02 Å². The van der Waals surface area contributed by atoms with E-state index in [1.165, 1.54) is 0 Å². The maximum atomic E-state index is 9.02. The van der Waals surface area contributed by atoms with E-state index in [4.69, 9.17) is 21.4 Å². The van der Waals surface area contributed by atoms with Gasteiger partial charge in [-0.1, -0.05) is 29.8 Å². The summed E-state index contributed by atoms with van der Waals surface area (Å²) < 4.78 is 6.75. The molecule has 0 unspecified atom stereocenters. The minimum absolute atomic E-state index is 0.0675. The molecule has 0 aliphatic carbocycles. The van der Waals surface area contributed by atoms with Crippen LogP contribution in [-0.4, -0.2) is 5.11 Å². The second-order valence-electron chi connectivity index (χ2n) is 3.44. The molecule has 0 bridgehead atoms. The lowest BCUT2D eigenvalue weighted by Crippen LogP contribution is -1.89. The first kappa shape index (κ1) is 12.7.